The van der Waals surface area contributed by atoms with Crippen molar-refractivity contribution in [3.63, 3.8) is 0 Å². The number of hydrogen-bond acceptors (Lipinski definition) is 1. The Bertz CT molecular complexity index is 373. The fourth-order valence-corrected chi connectivity index (χ4v) is 2.95. The van der Waals surface area contributed by atoms with Crippen LogP contribution in [-0.4, -0.2) is 6.54 Å². The van der Waals surface area contributed by atoms with E-state index in [4.69, 9.17) is 0 Å². The van der Waals surface area contributed by atoms with Crippen LogP contribution in [0, 0.1) is 18.8 Å². The SMILES string of the molecule is CCNC(c1ccc(C)c(Br)c1)C(C)CC(C)C. The lowest BCUT2D eigenvalue weighted by molar-refractivity contribution is 0.333. The van der Waals surface area contributed by atoms with Crippen LogP contribution in [0.3, 0.4) is 0 Å². The van der Waals surface area contributed by atoms with Gasteiger partial charge in [-0.1, -0.05) is 55.8 Å². The van der Waals surface area contributed by atoms with Gasteiger partial charge < -0.3 is 5.32 Å². The van der Waals surface area contributed by atoms with Gasteiger partial charge in [-0.15, -0.1) is 0 Å². The third kappa shape index (κ3) is 4.40. The largest absolute Gasteiger partial charge is 0.310 e. The molecular weight excluding hydrogens is 286 g/mol. The maximum atomic E-state index is 3.64. The Morgan fingerprint density at radius 2 is 1.89 bits per heavy atom. The maximum absolute atomic E-state index is 3.64. The van der Waals surface area contributed by atoms with E-state index in [-0.39, 0.29) is 0 Å². The highest BCUT2D eigenvalue weighted by molar-refractivity contribution is 9.10. The topological polar surface area (TPSA) is 12.0 Å². The van der Waals surface area contributed by atoms with Crippen LogP contribution in [0.4, 0.5) is 0 Å². The second-order valence-electron chi connectivity index (χ2n) is 5.65. The molecule has 0 aliphatic heterocycles. The summed E-state index contributed by atoms with van der Waals surface area (Å²) in [7, 11) is 0. The molecule has 0 heterocycles. The van der Waals surface area contributed by atoms with Gasteiger partial charge in [0.25, 0.3) is 0 Å². The van der Waals surface area contributed by atoms with Crippen LogP contribution in [0.25, 0.3) is 0 Å². The molecule has 1 N–H and O–H groups in total. The summed E-state index contributed by atoms with van der Waals surface area (Å²) in [6.45, 7) is 12.3. The van der Waals surface area contributed by atoms with Crippen LogP contribution in [0.1, 0.15) is 51.3 Å². The summed E-state index contributed by atoms with van der Waals surface area (Å²) in [5, 5.41) is 3.63. The molecule has 1 rings (SSSR count). The molecule has 0 aromatic heterocycles. The predicted octanol–water partition coefficient (Wildman–Crippen LogP) is 5.09. The second-order valence-corrected chi connectivity index (χ2v) is 6.51. The minimum atomic E-state index is 0.453. The normalized spacial score (nSPS) is 14.8. The molecular formula is C16H26BrN. The van der Waals surface area contributed by atoms with Gasteiger partial charge in [0.05, 0.1) is 0 Å². The number of nitrogens with one attached hydrogen (secondary N) is 1. The van der Waals surface area contributed by atoms with Crippen LogP contribution in [0.5, 0.6) is 0 Å². The van der Waals surface area contributed by atoms with Gasteiger partial charge in [0.2, 0.25) is 0 Å². The molecule has 0 aliphatic carbocycles. The van der Waals surface area contributed by atoms with Crippen molar-refractivity contribution in [1.82, 2.24) is 5.32 Å². The first-order valence-corrected chi connectivity index (χ1v) is 7.74. The first-order chi connectivity index (χ1) is 8.45. The summed E-state index contributed by atoms with van der Waals surface area (Å²) < 4.78 is 1.21. The van der Waals surface area contributed by atoms with Crippen LogP contribution in [-0.2, 0) is 0 Å². The first kappa shape index (κ1) is 15.7. The average molecular weight is 312 g/mol. The van der Waals surface area contributed by atoms with Crippen molar-refractivity contribution in [3.8, 4) is 0 Å². The molecule has 1 nitrogen and oxygen atoms in total. The highest BCUT2D eigenvalue weighted by Crippen LogP contribution is 2.29. The van der Waals surface area contributed by atoms with Crippen molar-refractivity contribution in [2.45, 2.75) is 47.1 Å². The van der Waals surface area contributed by atoms with E-state index in [2.05, 4.69) is 74.1 Å². The smallest absolute Gasteiger partial charge is 0.0346 e. The van der Waals surface area contributed by atoms with Crippen molar-refractivity contribution in [3.05, 3.63) is 33.8 Å². The van der Waals surface area contributed by atoms with Crippen LogP contribution in [0.2, 0.25) is 0 Å². The highest BCUT2D eigenvalue weighted by Gasteiger charge is 2.19. The molecule has 1 aromatic rings. The zero-order chi connectivity index (χ0) is 13.7. The van der Waals surface area contributed by atoms with Crippen molar-refractivity contribution >= 4 is 15.9 Å². The zero-order valence-corrected chi connectivity index (χ0v) is 13.8. The molecule has 0 radical (unpaired) electrons. The molecule has 2 atom stereocenters. The first-order valence-electron chi connectivity index (χ1n) is 6.95. The molecule has 0 fully saturated rings. The average Bonchev–Trinajstić information content (AvgIpc) is 2.29. The molecule has 2 unspecified atom stereocenters. The Labute approximate surface area is 120 Å². The molecule has 18 heavy (non-hydrogen) atoms. The quantitative estimate of drug-likeness (QED) is 0.771. The number of halogens is 1. The summed E-state index contributed by atoms with van der Waals surface area (Å²) in [5.41, 5.74) is 2.69. The van der Waals surface area contributed by atoms with Crippen molar-refractivity contribution in [2.24, 2.45) is 11.8 Å². The summed E-state index contributed by atoms with van der Waals surface area (Å²) in [6, 6.07) is 7.17. The van der Waals surface area contributed by atoms with Gasteiger partial charge in [0, 0.05) is 10.5 Å². The van der Waals surface area contributed by atoms with Crippen molar-refractivity contribution in [2.75, 3.05) is 6.54 Å². The Hall–Kier alpha value is -0.340. The monoisotopic (exact) mass is 311 g/mol. The van der Waals surface area contributed by atoms with Gasteiger partial charge in [0.1, 0.15) is 0 Å². The Morgan fingerprint density at radius 3 is 2.39 bits per heavy atom. The summed E-state index contributed by atoms with van der Waals surface area (Å²) in [5.74, 6) is 1.40. The van der Waals surface area contributed by atoms with E-state index in [0.29, 0.717) is 12.0 Å². The standard InChI is InChI=1S/C16H26BrN/c1-6-18-16(13(5)9-11(2)3)14-8-7-12(4)15(17)10-14/h7-8,10-11,13,16,18H,6,9H2,1-5H3. The van der Waals surface area contributed by atoms with Gasteiger partial charge in [-0.05, 0) is 48.9 Å². The van der Waals surface area contributed by atoms with E-state index in [9.17, 15) is 0 Å². The fraction of sp³-hybridized carbons (Fsp3) is 0.625. The number of benzene rings is 1. The highest BCUT2D eigenvalue weighted by atomic mass is 79.9. The molecule has 0 aliphatic rings. The molecule has 0 amide bonds. The maximum Gasteiger partial charge on any atom is 0.0346 e. The molecule has 0 bridgehead atoms. The third-order valence-corrected chi connectivity index (χ3v) is 4.25. The van der Waals surface area contributed by atoms with Crippen LogP contribution in [0.15, 0.2) is 22.7 Å². The Balaban J connectivity index is 2.92. The summed E-state index contributed by atoms with van der Waals surface area (Å²) >= 11 is 3.64. The van der Waals surface area contributed by atoms with Crippen molar-refractivity contribution < 1.29 is 0 Å². The number of aryl methyl sites for hydroxylation is 1. The number of rotatable bonds is 6. The molecule has 0 saturated heterocycles. The van der Waals surface area contributed by atoms with Crippen molar-refractivity contribution in [1.29, 1.82) is 0 Å². The van der Waals surface area contributed by atoms with E-state index in [1.54, 1.807) is 0 Å². The van der Waals surface area contributed by atoms with E-state index in [1.165, 1.54) is 22.0 Å². The van der Waals surface area contributed by atoms with Gasteiger partial charge in [-0.3, -0.25) is 0 Å². The zero-order valence-electron chi connectivity index (χ0n) is 12.3. The lowest BCUT2D eigenvalue weighted by Gasteiger charge is -2.27. The Morgan fingerprint density at radius 1 is 1.22 bits per heavy atom. The minimum absolute atomic E-state index is 0.453. The van der Waals surface area contributed by atoms with Gasteiger partial charge in [0.15, 0.2) is 0 Å². The molecule has 1 aromatic carbocycles. The number of hydrogen-bond donors (Lipinski definition) is 1. The predicted molar refractivity (Wildman–Crippen MR) is 83.9 cm³/mol. The van der Waals surface area contributed by atoms with E-state index in [1.807, 2.05) is 0 Å². The van der Waals surface area contributed by atoms with Gasteiger partial charge in [-0.25, -0.2) is 0 Å². The third-order valence-electron chi connectivity index (χ3n) is 3.39. The van der Waals surface area contributed by atoms with Gasteiger partial charge >= 0.3 is 0 Å². The Kier molecular flexibility index (Phi) is 6.37. The van der Waals surface area contributed by atoms with E-state index >= 15 is 0 Å². The van der Waals surface area contributed by atoms with E-state index in [0.717, 1.165) is 12.5 Å². The summed E-state index contributed by atoms with van der Waals surface area (Å²) in [6.07, 6.45) is 1.25. The minimum Gasteiger partial charge on any atom is -0.310 e. The fourth-order valence-electron chi connectivity index (χ4n) is 2.55. The lowest BCUT2D eigenvalue weighted by atomic mass is 9.87. The van der Waals surface area contributed by atoms with E-state index < -0.39 is 0 Å². The van der Waals surface area contributed by atoms with Crippen LogP contribution >= 0.6 is 15.9 Å². The second kappa shape index (κ2) is 7.30. The lowest BCUT2D eigenvalue weighted by Crippen LogP contribution is -2.27. The van der Waals surface area contributed by atoms with Gasteiger partial charge in [-0.2, -0.15) is 0 Å². The molecule has 102 valence electrons. The van der Waals surface area contributed by atoms with Crippen LogP contribution < -0.4 is 5.32 Å². The molecule has 0 spiro atoms. The molecule has 2 heteroatoms. The summed E-state index contributed by atoms with van der Waals surface area (Å²) in [4.78, 5) is 0. The molecule has 0 saturated carbocycles.